The zero-order valence-electron chi connectivity index (χ0n) is 16.7. The number of ether oxygens (including phenoxy) is 4. The van der Waals surface area contributed by atoms with E-state index in [4.69, 9.17) is 18.9 Å². The van der Waals surface area contributed by atoms with Crippen LogP contribution in [0.2, 0.25) is 0 Å². The molecule has 0 saturated carbocycles. The molecule has 0 unspecified atom stereocenters. The summed E-state index contributed by atoms with van der Waals surface area (Å²) in [5.74, 6) is -0.499. The van der Waals surface area contributed by atoms with Crippen molar-refractivity contribution in [3.63, 3.8) is 0 Å². The second kappa shape index (κ2) is 7.70. The molecule has 2 aliphatic rings. The Hall–Kier alpha value is -3.55. The number of nitrogens with zero attached hydrogens (tertiary/aromatic N) is 1. The number of amides is 1. The summed E-state index contributed by atoms with van der Waals surface area (Å²) < 4.78 is 35.2. The third-order valence-corrected chi connectivity index (χ3v) is 5.30. The molecule has 2 aliphatic heterocycles. The minimum absolute atomic E-state index is 0.0176. The fourth-order valence-electron chi connectivity index (χ4n) is 3.96. The summed E-state index contributed by atoms with van der Waals surface area (Å²) >= 11 is 0. The SMILES string of the molecule is COc1cc(OC)c([C@@H]2CC(=O)N(c3cccc(F)c3)C3=C2C(=O)OC3)cc1OC. The number of carbonyl (C=O) groups excluding carboxylic acids is 2. The molecule has 2 aromatic carbocycles. The van der Waals surface area contributed by atoms with Crippen LogP contribution in [0.3, 0.4) is 0 Å². The molecule has 0 aliphatic carbocycles. The van der Waals surface area contributed by atoms with Crippen LogP contribution < -0.4 is 19.1 Å². The van der Waals surface area contributed by atoms with Crippen LogP contribution in [0.5, 0.6) is 17.2 Å². The summed E-state index contributed by atoms with van der Waals surface area (Å²) in [5.41, 5.74) is 1.71. The maximum atomic E-state index is 13.8. The van der Waals surface area contributed by atoms with Crippen LogP contribution in [0.1, 0.15) is 17.9 Å². The normalized spacial score (nSPS) is 18.3. The van der Waals surface area contributed by atoms with Gasteiger partial charge in [-0.1, -0.05) is 6.07 Å². The van der Waals surface area contributed by atoms with E-state index < -0.39 is 17.7 Å². The van der Waals surface area contributed by atoms with Gasteiger partial charge in [0.2, 0.25) is 5.91 Å². The van der Waals surface area contributed by atoms with Gasteiger partial charge in [-0.3, -0.25) is 9.69 Å². The van der Waals surface area contributed by atoms with Crippen LogP contribution in [0, 0.1) is 5.82 Å². The van der Waals surface area contributed by atoms with Gasteiger partial charge in [0.25, 0.3) is 0 Å². The first-order valence-corrected chi connectivity index (χ1v) is 9.27. The van der Waals surface area contributed by atoms with Crippen LogP contribution in [-0.2, 0) is 14.3 Å². The first kappa shape index (κ1) is 19.8. The van der Waals surface area contributed by atoms with Gasteiger partial charge in [-0.05, 0) is 24.3 Å². The summed E-state index contributed by atoms with van der Waals surface area (Å²) in [4.78, 5) is 27.1. The Labute approximate surface area is 172 Å². The highest BCUT2D eigenvalue weighted by atomic mass is 19.1. The maximum Gasteiger partial charge on any atom is 0.336 e. The number of benzene rings is 2. The average molecular weight is 413 g/mol. The van der Waals surface area contributed by atoms with E-state index >= 15 is 0 Å². The molecule has 0 spiro atoms. The van der Waals surface area contributed by atoms with E-state index in [0.29, 0.717) is 39.8 Å². The van der Waals surface area contributed by atoms with Crippen LogP contribution in [0.25, 0.3) is 0 Å². The molecule has 0 radical (unpaired) electrons. The number of carbonyl (C=O) groups is 2. The number of hydrogen-bond donors (Lipinski definition) is 0. The summed E-state index contributed by atoms with van der Waals surface area (Å²) in [6, 6.07) is 9.02. The van der Waals surface area contributed by atoms with Crippen LogP contribution in [0.15, 0.2) is 47.7 Å². The molecule has 2 heterocycles. The van der Waals surface area contributed by atoms with E-state index in [1.807, 2.05) is 0 Å². The maximum absolute atomic E-state index is 13.8. The van der Waals surface area contributed by atoms with Crippen molar-refractivity contribution >= 4 is 17.6 Å². The lowest BCUT2D eigenvalue weighted by atomic mass is 9.83. The zero-order chi connectivity index (χ0) is 21.4. The summed E-state index contributed by atoms with van der Waals surface area (Å²) in [5, 5.41) is 0. The Bertz CT molecular complexity index is 1060. The van der Waals surface area contributed by atoms with E-state index in [2.05, 4.69) is 0 Å². The van der Waals surface area contributed by atoms with Crippen LogP contribution >= 0.6 is 0 Å². The number of halogens is 1. The second-order valence-electron chi connectivity index (χ2n) is 6.85. The van der Waals surface area contributed by atoms with Crippen LogP contribution in [0.4, 0.5) is 10.1 Å². The Morgan fingerprint density at radius 2 is 1.70 bits per heavy atom. The lowest BCUT2D eigenvalue weighted by molar-refractivity contribution is -0.136. The molecule has 30 heavy (non-hydrogen) atoms. The fourth-order valence-corrected chi connectivity index (χ4v) is 3.96. The van der Waals surface area contributed by atoms with Crippen molar-refractivity contribution in [2.45, 2.75) is 12.3 Å². The molecule has 0 fully saturated rings. The highest BCUT2D eigenvalue weighted by Gasteiger charge is 2.44. The van der Waals surface area contributed by atoms with Crippen LogP contribution in [-0.4, -0.2) is 39.8 Å². The second-order valence-corrected chi connectivity index (χ2v) is 6.85. The zero-order valence-corrected chi connectivity index (χ0v) is 16.7. The Balaban J connectivity index is 1.87. The Morgan fingerprint density at radius 3 is 2.37 bits per heavy atom. The minimum atomic E-state index is -0.595. The van der Waals surface area contributed by atoms with E-state index in [-0.39, 0.29) is 18.9 Å². The average Bonchev–Trinajstić information content (AvgIpc) is 3.13. The van der Waals surface area contributed by atoms with E-state index in [9.17, 15) is 14.0 Å². The molecule has 0 saturated heterocycles. The number of hydrogen-bond acceptors (Lipinski definition) is 6. The van der Waals surface area contributed by atoms with Crippen molar-refractivity contribution in [1.29, 1.82) is 0 Å². The van der Waals surface area contributed by atoms with Gasteiger partial charge < -0.3 is 18.9 Å². The van der Waals surface area contributed by atoms with Gasteiger partial charge in [-0.15, -0.1) is 0 Å². The molecule has 0 bridgehead atoms. The number of cyclic esters (lactones) is 1. The summed E-state index contributed by atoms with van der Waals surface area (Å²) in [7, 11) is 4.50. The number of methoxy groups -OCH3 is 3. The topological polar surface area (TPSA) is 74.3 Å². The van der Waals surface area contributed by atoms with Gasteiger partial charge in [0.15, 0.2) is 11.5 Å². The highest BCUT2D eigenvalue weighted by Crippen LogP contribution is 2.47. The van der Waals surface area contributed by atoms with Crippen molar-refractivity contribution < 1.29 is 32.9 Å². The van der Waals surface area contributed by atoms with Crippen molar-refractivity contribution in [3.8, 4) is 17.2 Å². The van der Waals surface area contributed by atoms with Gasteiger partial charge in [-0.25, -0.2) is 9.18 Å². The number of anilines is 1. The third-order valence-electron chi connectivity index (χ3n) is 5.30. The summed E-state index contributed by atoms with van der Waals surface area (Å²) in [6.45, 7) is -0.0669. The Kier molecular flexibility index (Phi) is 5.07. The first-order chi connectivity index (χ1) is 14.5. The lowest BCUT2D eigenvalue weighted by Gasteiger charge is -2.32. The highest BCUT2D eigenvalue weighted by molar-refractivity contribution is 6.06. The summed E-state index contributed by atoms with van der Waals surface area (Å²) in [6.07, 6.45) is -0.0176. The van der Waals surface area contributed by atoms with Crippen molar-refractivity contribution in [3.05, 3.63) is 59.0 Å². The van der Waals surface area contributed by atoms with Gasteiger partial charge in [0.1, 0.15) is 18.2 Å². The molecular weight excluding hydrogens is 393 g/mol. The molecule has 7 nitrogen and oxygen atoms in total. The largest absolute Gasteiger partial charge is 0.496 e. The van der Waals surface area contributed by atoms with Crippen molar-refractivity contribution in [2.75, 3.05) is 32.8 Å². The number of rotatable bonds is 5. The molecule has 8 heteroatoms. The smallest absolute Gasteiger partial charge is 0.336 e. The molecule has 0 N–H and O–H groups in total. The minimum Gasteiger partial charge on any atom is -0.496 e. The van der Waals surface area contributed by atoms with Gasteiger partial charge in [0.05, 0.1) is 38.3 Å². The van der Waals surface area contributed by atoms with Gasteiger partial charge in [-0.2, -0.15) is 0 Å². The molecular formula is C22H20FNO6. The molecule has 2 aromatic rings. The van der Waals surface area contributed by atoms with E-state index in [0.717, 1.165) is 0 Å². The standard InChI is InChI=1S/C22H20FNO6/c1-27-17-10-19(29-3)18(28-2)8-14(17)15-9-20(25)24(13-6-4-5-12(23)7-13)16-11-30-22(26)21(15)16/h4-8,10,15H,9,11H2,1-3H3/t15-/m0/s1. The third kappa shape index (κ3) is 3.14. The van der Waals surface area contributed by atoms with Gasteiger partial charge >= 0.3 is 5.97 Å². The van der Waals surface area contributed by atoms with E-state index in [1.165, 1.54) is 44.4 Å². The first-order valence-electron chi connectivity index (χ1n) is 9.27. The predicted molar refractivity (Wildman–Crippen MR) is 105 cm³/mol. The van der Waals surface area contributed by atoms with Crippen molar-refractivity contribution in [1.82, 2.24) is 0 Å². The molecule has 0 aromatic heterocycles. The van der Waals surface area contributed by atoms with E-state index in [1.54, 1.807) is 18.2 Å². The molecule has 156 valence electrons. The Morgan fingerprint density at radius 1 is 1.00 bits per heavy atom. The lowest BCUT2D eigenvalue weighted by Crippen LogP contribution is -2.37. The number of esters is 1. The molecule has 1 amide bonds. The fraction of sp³-hybridized carbons (Fsp3) is 0.273. The predicted octanol–water partition coefficient (Wildman–Crippen LogP) is 3.18. The van der Waals surface area contributed by atoms with Crippen molar-refractivity contribution in [2.24, 2.45) is 0 Å². The molecule has 4 rings (SSSR count). The monoisotopic (exact) mass is 413 g/mol. The quantitative estimate of drug-likeness (QED) is 0.701. The molecule has 1 atom stereocenters. The van der Waals surface area contributed by atoms with Gasteiger partial charge in [0, 0.05) is 24.0 Å².